The van der Waals surface area contributed by atoms with E-state index in [1.165, 1.54) is 11.3 Å². The highest BCUT2D eigenvalue weighted by Crippen LogP contribution is 2.29. The van der Waals surface area contributed by atoms with Crippen molar-refractivity contribution in [3.05, 3.63) is 16.6 Å². The molecule has 1 aliphatic heterocycles. The summed E-state index contributed by atoms with van der Waals surface area (Å²) in [5.74, 6) is 0.325. The van der Waals surface area contributed by atoms with Crippen LogP contribution in [0.4, 0.5) is 5.13 Å². The number of rotatable bonds is 2. The number of amidine groups is 1. The number of aromatic nitrogens is 1. The van der Waals surface area contributed by atoms with Gasteiger partial charge in [0.1, 0.15) is 11.5 Å². The van der Waals surface area contributed by atoms with Gasteiger partial charge in [0.2, 0.25) is 11.3 Å². The highest BCUT2D eigenvalue weighted by Gasteiger charge is 2.19. The van der Waals surface area contributed by atoms with E-state index in [-0.39, 0.29) is 5.96 Å². The average Bonchev–Trinajstić information content (AvgIpc) is 2.81. The molecule has 1 aliphatic rings. The third-order valence-corrected chi connectivity index (χ3v) is 3.27. The first-order chi connectivity index (χ1) is 9.51. The Labute approximate surface area is 119 Å². The SMILES string of the molecule is CC1=C(c2csc(N=C(N)N)n2)N=C(N)CC1=NC#N. The molecule has 2 rings (SSSR count). The third kappa shape index (κ3) is 2.81. The molecule has 9 heteroatoms. The zero-order chi connectivity index (χ0) is 14.7. The van der Waals surface area contributed by atoms with Crippen LogP contribution >= 0.6 is 11.3 Å². The molecule has 6 N–H and O–H groups in total. The molecule has 102 valence electrons. The summed E-state index contributed by atoms with van der Waals surface area (Å²) in [4.78, 5) is 16.2. The summed E-state index contributed by atoms with van der Waals surface area (Å²) in [5.41, 5.74) is 18.9. The van der Waals surface area contributed by atoms with Gasteiger partial charge >= 0.3 is 0 Å². The van der Waals surface area contributed by atoms with Crippen LogP contribution in [0.2, 0.25) is 0 Å². The van der Waals surface area contributed by atoms with Gasteiger partial charge in [-0.3, -0.25) is 0 Å². The Hall–Kier alpha value is -2.73. The lowest BCUT2D eigenvalue weighted by atomic mass is 10.0. The number of thiazole rings is 1. The lowest BCUT2D eigenvalue weighted by Crippen LogP contribution is -2.22. The van der Waals surface area contributed by atoms with Gasteiger partial charge in [-0.2, -0.15) is 15.2 Å². The second-order valence-electron chi connectivity index (χ2n) is 3.96. The van der Waals surface area contributed by atoms with Crippen molar-refractivity contribution in [2.45, 2.75) is 13.3 Å². The Balaban J connectivity index is 2.47. The molecule has 0 saturated carbocycles. The maximum absolute atomic E-state index is 8.68. The summed E-state index contributed by atoms with van der Waals surface area (Å²) in [5, 5.41) is 10.9. The molecule has 0 aromatic carbocycles. The van der Waals surface area contributed by atoms with E-state index < -0.39 is 0 Å². The van der Waals surface area contributed by atoms with E-state index in [2.05, 4.69) is 20.0 Å². The summed E-state index contributed by atoms with van der Waals surface area (Å²) in [7, 11) is 0. The predicted octanol–water partition coefficient (Wildman–Crippen LogP) is 0.462. The smallest absolute Gasteiger partial charge is 0.212 e. The Kier molecular flexibility index (Phi) is 3.76. The average molecular weight is 288 g/mol. The van der Waals surface area contributed by atoms with E-state index in [9.17, 15) is 0 Å². The van der Waals surface area contributed by atoms with Crippen LogP contribution in [0.3, 0.4) is 0 Å². The molecule has 1 aromatic heterocycles. The fraction of sp³-hybridized carbons (Fsp3) is 0.182. The second-order valence-corrected chi connectivity index (χ2v) is 4.80. The van der Waals surface area contributed by atoms with Gasteiger partial charge in [-0.1, -0.05) is 0 Å². The van der Waals surface area contributed by atoms with E-state index in [1.807, 2.05) is 6.92 Å². The maximum Gasteiger partial charge on any atom is 0.212 e. The van der Waals surface area contributed by atoms with E-state index >= 15 is 0 Å². The van der Waals surface area contributed by atoms with Crippen LogP contribution in [0.15, 0.2) is 25.9 Å². The quantitative estimate of drug-likeness (QED) is 0.410. The van der Waals surface area contributed by atoms with Crippen molar-refractivity contribution in [3.63, 3.8) is 0 Å². The van der Waals surface area contributed by atoms with Crippen LogP contribution in [0.25, 0.3) is 5.70 Å². The molecule has 8 nitrogen and oxygen atoms in total. The fourth-order valence-corrected chi connectivity index (χ4v) is 2.37. The molecule has 0 unspecified atom stereocenters. The normalized spacial score (nSPS) is 16.8. The van der Waals surface area contributed by atoms with E-state index in [0.29, 0.717) is 34.5 Å². The number of aliphatic imine (C=N–C) groups is 3. The number of nitrogens with two attached hydrogens (primary N) is 3. The Morgan fingerprint density at radius 2 is 2.25 bits per heavy atom. The first-order valence-corrected chi connectivity index (χ1v) is 6.44. The third-order valence-electron chi connectivity index (χ3n) is 2.54. The number of nitriles is 1. The van der Waals surface area contributed by atoms with Crippen molar-refractivity contribution in [3.8, 4) is 6.19 Å². The lowest BCUT2D eigenvalue weighted by molar-refractivity contribution is 1.23. The zero-order valence-electron chi connectivity index (χ0n) is 10.7. The highest BCUT2D eigenvalue weighted by atomic mass is 32.1. The summed E-state index contributed by atoms with van der Waals surface area (Å²) >= 11 is 1.28. The van der Waals surface area contributed by atoms with Crippen molar-refractivity contribution in [1.82, 2.24) is 4.98 Å². The van der Waals surface area contributed by atoms with Crippen LogP contribution < -0.4 is 17.2 Å². The first-order valence-electron chi connectivity index (χ1n) is 5.56. The monoisotopic (exact) mass is 288 g/mol. The molecule has 0 aliphatic carbocycles. The summed E-state index contributed by atoms with van der Waals surface area (Å²) < 4.78 is 0. The standard InChI is InChI=1S/C11H12N8S/c1-5-6(16-4-12)2-8(13)18-9(5)7-3-20-11(17-7)19-10(14)15/h3H,2H2,1H3,(H2,13,18)(H4,14,15,17,19). The van der Waals surface area contributed by atoms with Crippen molar-refractivity contribution in [2.24, 2.45) is 32.2 Å². The van der Waals surface area contributed by atoms with Gasteiger partial charge in [0.15, 0.2) is 5.96 Å². The minimum absolute atomic E-state index is 0.0602. The molecule has 0 atom stereocenters. The van der Waals surface area contributed by atoms with Gasteiger partial charge < -0.3 is 17.2 Å². The molecule has 0 spiro atoms. The minimum atomic E-state index is -0.0602. The van der Waals surface area contributed by atoms with E-state index in [0.717, 1.165) is 5.57 Å². The molecule has 0 fully saturated rings. The largest absolute Gasteiger partial charge is 0.387 e. The molecular weight excluding hydrogens is 276 g/mol. The number of allylic oxidation sites excluding steroid dienone is 1. The Bertz CT molecular complexity index is 696. The molecule has 0 bridgehead atoms. The number of guanidine groups is 1. The Morgan fingerprint density at radius 1 is 1.50 bits per heavy atom. The zero-order valence-corrected chi connectivity index (χ0v) is 11.5. The van der Waals surface area contributed by atoms with E-state index in [4.69, 9.17) is 22.5 Å². The fourth-order valence-electron chi connectivity index (χ4n) is 1.68. The second kappa shape index (κ2) is 5.50. The summed E-state index contributed by atoms with van der Waals surface area (Å²) in [6.07, 6.45) is 2.12. The van der Waals surface area contributed by atoms with E-state index in [1.54, 1.807) is 11.6 Å². The van der Waals surface area contributed by atoms with Crippen LogP contribution in [0, 0.1) is 11.5 Å². The van der Waals surface area contributed by atoms with Crippen LogP contribution in [0.1, 0.15) is 19.0 Å². The van der Waals surface area contributed by atoms with Gasteiger partial charge in [0.05, 0.1) is 11.4 Å². The lowest BCUT2D eigenvalue weighted by Gasteiger charge is -2.14. The summed E-state index contributed by atoms with van der Waals surface area (Å²) in [6, 6.07) is 0. The molecule has 0 amide bonds. The van der Waals surface area contributed by atoms with Crippen LogP contribution in [0.5, 0.6) is 0 Å². The van der Waals surface area contributed by atoms with Gasteiger partial charge in [-0.15, -0.1) is 11.3 Å². The molecule has 2 heterocycles. The number of hydrogen-bond donors (Lipinski definition) is 3. The van der Waals surface area contributed by atoms with Gasteiger partial charge in [0, 0.05) is 11.8 Å². The predicted molar refractivity (Wildman–Crippen MR) is 79.5 cm³/mol. The highest BCUT2D eigenvalue weighted by molar-refractivity contribution is 7.13. The molecule has 1 aromatic rings. The van der Waals surface area contributed by atoms with Crippen molar-refractivity contribution < 1.29 is 0 Å². The number of hydrogen-bond acceptors (Lipinski definition) is 7. The van der Waals surface area contributed by atoms with Gasteiger partial charge in [-0.05, 0) is 12.5 Å². The minimum Gasteiger partial charge on any atom is -0.387 e. The number of nitrogens with zero attached hydrogens (tertiary/aromatic N) is 5. The van der Waals surface area contributed by atoms with Crippen LogP contribution in [-0.2, 0) is 0 Å². The summed E-state index contributed by atoms with van der Waals surface area (Å²) in [6.45, 7) is 1.82. The Morgan fingerprint density at radius 3 is 2.90 bits per heavy atom. The van der Waals surface area contributed by atoms with Crippen molar-refractivity contribution in [1.29, 1.82) is 5.26 Å². The van der Waals surface area contributed by atoms with Crippen molar-refractivity contribution >= 4 is 39.7 Å². The maximum atomic E-state index is 8.68. The van der Waals surface area contributed by atoms with Gasteiger partial charge in [-0.25, -0.2) is 9.98 Å². The molecule has 0 radical (unpaired) electrons. The molecule has 0 saturated heterocycles. The topological polar surface area (TPSA) is 152 Å². The molecule has 20 heavy (non-hydrogen) atoms. The van der Waals surface area contributed by atoms with Gasteiger partial charge in [0.25, 0.3) is 0 Å². The first kappa shape index (κ1) is 13.7. The van der Waals surface area contributed by atoms with Crippen LogP contribution in [-0.4, -0.2) is 22.5 Å². The van der Waals surface area contributed by atoms with Crippen molar-refractivity contribution in [2.75, 3.05) is 0 Å². The molecular formula is C11H12N8S.